The molecule has 15 heavy (non-hydrogen) atoms. The second kappa shape index (κ2) is 4.97. The van der Waals surface area contributed by atoms with Gasteiger partial charge in [-0.1, -0.05) is 12.8 Å². The van der Waals surface area contributed by atoms with E-state index in [1.807, 2.05) is 6.92 Å². The van der Waals surface area contributed by atoms with Gasteiger partial charge in [0, 0.05) is 6.04 Å². The summed E-state index contributed by atoms with van der Waals surface area (Å²) in [6.07, 6.45) is 7.75. The molecule has 2 aliphatic carbocycles. The van der Waals surface area contributed by atoms with Crippen LogP contribution in [0.5, 0.6) is 0 Å². The Morgan fingerprint density at radius 3 is 2.53 bits per heavy atom. The lowest BCUT2D eigenvalue weighted by molar-refractivity contribution is -0.122. The third-order valence-electron chi connectivity index (χ3n) is 3.50. The van der Waals surface area contributed by atoms with Crippen LogP contribution in [-0.2, 0) is 4.79 Å². The Morgan fingerprint density at radius 1 is 1.27 bits per heavy atom. The smallest absolute Gasteiger partial charge is 0.237 e. The molecule has 2 aliphatic rings. The quantitative estimate of drug-likeness (QED) is 0.721. The maximum absolute atomic E-state index is 11.6. The summed E-state index contributed by atoms with van der Waals surface area (Å²) in [5.41, 5.74) is 0. The lowest BCUT2D eigenvalue weighted by Gasteiger charge is -2.16. The van der Waals surface area contributed by atoms with E-state index in [2.05, 4.69) is 10.6 Å². The summed E-state index contributed by atoms with van der Waals surface area (Å²) in [4.78, 5) is 11.6. The van der Waals surface area contributed by atoms with Gasteiger partial charge in [-0.25, -0.2) is 0 Å². The lowest BCUT2D eigenvalue weighted by Crippen LogP contribution is -2.44. The number of nitrogens with one attached hydrogen (secondary N) is 2. The van der Waals surface area contributed by atoms with E-state index in [4.69, 9.17) is 0 Å². The van der Waals surface area contributed by atoms with Crippen molar-refractivity contribution in [2.45, 2.75) is 57.5 Å². The Kier molecular flexibility index (Phi) is 3.62. The molecule has 1 amide bonds. The minimum absolute atomic E-state index is 0.0220. The Labute approximate surface area is 92.0 Å². The first kappa shape index (κ1) is 10.9. The van der Waals surface area contributed by atoms with Crippen molar-refractivity contribution in [3.8, 4) is 0 Å². The SMILES string of the molecule is CC(NCC1CCCC1)C(=O)NC1CC1. The van der Waals surface area contributed by atoms with Gasteiger partial charge in [-0.3, -0.25) is 4.79 Å². The van der Waals surface area contributed by atoms with Crippen LogP contribution < -0.4 is 10.6 Å². The highest BCUT2D eigenvalue weighted by Crippen LogP contribution is 2.23. The third kappa shape index (κ3) is 3.49. The number of carbonyl (C=O) groups excluding carboxylic acids is 1. The van der Waals surface area contributed by atoms with Crippen LogP contribution in [0.3, 0.4) is 0 Å². The van der Waals surface area contributed by atoms with Crippen LogP contribution in [-0.4, -0.2) is 24.5 Å². The zero-order valence-corrected chi connectivity index (χ0v) is 9.59. The second-order valence-corrected chi connectivity index (χ2v) is 5.06. The molecule has 2 saturated carbocycles. The first-order chi connectivity index (χ1) is 7.25. The largest absolute Gasteiger partial charge is 0.352 e. The molecule has 0 radical (unpaired) electrons. The minimum Gasteiger partial charge on any atom is -0.352 e. The number of rotatable bonds is 5. The fourth-order valence-electron chi connectivity index (χ4n) is 2.20. The van der Waals surface area contributed by atoms with Crippen LogP contribution in [0.25, 0.3) is 0 Å². The number of carbonyl (C=O) groups is 1. The van der Waals surface area contributed by atoms with Gasteiger partial charge in [0.2, 0.25) is 5.91 Å². The van der Waals surface area contributed by atoms with Gasteiger partial charge in [0.05, 0.1) is 6.04 Å². The minimum atomic E-state index is -0.0220. The monoisotopic (exact) mass is 210 g/mol. The van der Waals surface area contributed by atoms with E-state index in [-0.39, 0.29) is 11.9 Å². The van der Waals surface area contributed by atoms with Crippen molar-refractivity contribution in [3.05, 3.63) is 0 Å². The topological polar surface area (TPSA) is 41.1 Å². The van der Waals surface area contributed by atoms with Crippen LogP contribution in [0, 0.1) is 5.92 Å². The van der Waals surface area contributed by atoms with Gasteiger partial charge in [-0.15, -0.1) is 0 Å². The summed E-state index contributed by atoms with van der Waals surface area (Å²) in [7, 11) is 0. The molecule has 1 atom stereocenters. The Bertz CT molecular complexity index is 220. The fourth-order valence-corrected chi connectivity index (χ4v) is 2.20. The molecule has 0 aromatic carbocycles. The summed E-state index contributed by atoms with van der Waals surface area (Å²) in [6.45, 7) is 2.98. The maximum atomic E-state index is 11.6. The number of hydrogen-bond donors (Lipinski definition) is 2. The van der Waals surface area contributed by atoms with Crippen LogP contribution >= 0.6 is 0 Å². The molecule has 0 aliphatic heterocycles. The van der Waals surface area contributed by atoms with E-state index in [0.29, 0.717) is 6.04 Å². The molecule has 2 N–H and O–H groups in total. The second-order valence-electron chi connectivity index (χ2n) is 5.06. The number of amides is 1. The van der Waals surface area contributed by atoms with E-state index in [1.165, 1.54) is 38.5 Å². The predicted molar refractivity (Wildman–Crippen MR) is 60.6 cm³/mol. The van der Waals surface area contributed by atoms with Crippen LogP contribution in [0.15, 0.2) is 0 Å². The zero-order valence-electron chi connectivity index (χ0n) is 9.59. The van der Waals surface area contributed by atoms with Gasteiger partial charge in [0.25, 0.3) is 0 Å². The highest BCUT2D eigenvalue weighted by atomic mass is 16.2. The van der Waals surface area contributed by atoms with Crippen molar-refractivity contribution in [2.75, 3.05) is 6.54 Å². The molecule has 0 bridgehead atoms. The van der Waals surface area contributed by atoms with Gasteiger partial charge in [0.1, 0.15) is 0 Å². The van der Waals surface area contributed by atoms with E-state index in [0.717, 1.165) is 12.5 Å². The van der Waals surface area contributed by atoms with E-state index in [9.17, 15) is 4.79 Å². The molecule has 0 heterocycles. The van der Waals surface area contributed by atoms with Crippen molar-refractivity contribution in [1.82, 2.24) is 10.6 Å². The van der Waals surface area contributed by atoms with E-state index >= 15 is 0 Å². The third-order valence-corrected chi connectivity index (χ3v) is 3.50. The average molecular weight is 210 g/mol. The molecule has 0 aromatic rings. The van der Waals surface area contributed by atoms with Crippen molar-refractivity contribution in [3.63, 3.8) is 0 Å². The standard InChI is InChI=1S/C12H22N2O/c1-9(12(15)14-11-6-7-11)13-8-10-4-2-3-5-10/h9-11,13H,2-8H2,1H3,(H,14,15). The van der Waals surface area contributed by atoms with Crippen molar-refractivity contribution >= 4 is 5.91 Å². The van der Waals surface area contributed by atoms with Crippen molar-refractivity contribution < 1.29 is 4.79 Å². The summed E-state index contributed by atoms with van der Waals surface area (Å²) in [5.74, 6) is 0.983. The predicted octanol–water partition coefficient (Wildman–Crippen LogP) is 1.43. The Morgan fingerprint density at radius 2 is 1.93 bits per heavy atom. The summed E-state index contributed by atoms with van der Waals surface area (Å²) < 4.78 is 0. The fraction of sp³-hybridized carbons (Fsp3) is 0.917. The Hall–Kier alpha value is -0.570. The van der Waals surface area contributed by atoms with Gasteiger partial charge in [0.15, 0.2) is 0 Å². The lowest BCUT2D eigenvalue weighted by atomic mass is 10.1. The van der Waals surface area contributed by atoms with E-state index in [1.54, 1.807) is 0 Å². The molecule has 2 fully saturated rings. The first-order valence-corrected chi connectivity index (χ1v) is 6.29. The zero-order chi connectivity index (χ0) is 10.7. The molecule has 0 aromatic heterocycles. The van der Waals surface area contributed by atoms with Gasteiger partial charge in [-0.05, 0) is 45.1 Å². The molecule has 0 spiro atoms. The van der Waals surface area contributed by atoms with Crippen LogP contribution in [0.1, 0.15) is 45.4 Å². The maximum Gasteiger partial charge on any atom is 0.237 e. The molecular formula is C12H22N2O. The van der Waals surface area contributed by atoms with Gasteiger partial charge < -0.3 is 10.6 Å². The van der Waals surface area contributed by atoms with Gasteiger partial charge in [-0.2, -0.15) is 0 Å². The van der Waals surface area contributed by atoms with Crippen molar-refractivity contribution in [2.24, 2.45) is 5.92 Å². The van der Waals surface area contributed by atoms with Crippen LogP contribution in [0.4, 0.5) is 0 Å². The van der Waals surface area contributed by atoms with Crippen LogP contribution in [0.2, 0.25) is 0 Å². The molecular weight excluding hydrogens is 188 g/mol. The number of hydrogen-bond acceptors (Lipinski definition) is 2. The Balaban J connectivity index is 1.61. The molecule has 2 rings (SSSR count). The molecule has 3 nitrogen and oxygen atoms in total. The van der Waals surface area contributed by atoms with Gasteiger partial charge >= 0.3 is 0 Å². The molecule has 0 saturated heterocycles. The highest BCUT2D eigenvalue weighted by Gasteiger charge is 2.25. The van der Waals surface area contributed by atoms with E-state index < -0.39 is 0 Å². The molecule has 3 heteroatoms. The molecule has 1 unspecified atom stereocenters. The first-order valence-electron chi connectivity index (χ1n) is 6.29. The normalized spacial score (nSPS) is 24.1. The summed E-state index contributed by atoms with van der Waals surface area (Å²) in [6, 6.07) is 0.458. The molecule has 86 valence electrons. The highest BCUT2D eigenvalue weighted by molar-refractivity contribution is 5.81. The summed E-state index contributed by atoms with van der Waals surface area (Å²) >= 11 is 0. The summed E-state index contributed by atoms with van der Waals surface area (Å²) in [5, 5.41) is 6.37. The average Bonchev–Trinajstić information content (AvgIpc) is 2.88. The van der Waals surface area contributed by atoms with Crippen molar-refractivity contribution in [1.29, 1.82) is 0 Å².